The molecule has 98 valence electrons. The Morgan fingerprint density at radius 1 is 1.33 bits per heavy atom. The van der Waals surface area contributed by atoms with Crippen LogP contribution in [0.15, 0.2) is 24.3 Å². The van der Waals surface area contributed by atoms with Crippen molar-refractivity contribution >= 4 is 15.8 Å². The number of carbonyl (C=O) groups is 1. The monoisotopic (exact) mass is 271 g/mol. The van der Waals surface area contributed by atoms with Gasteiger partial charge in [0, 0.05) is 5.56 Å². The maximum Gasteiger partial charge on any atom is 0.212 e. The Bertz CT molecular complexity index is 561. The zero-order chi connectivity index (χ0) is 13.4. The SMILES string of the molecule is CCS(=O)(=O)NC1(C(=O)c2ccc(F)cc2)CC1. The van der Waals surface area contributed by atoms with Gasteiger partial charge in [-0.25, -0.2) is 17.5 Å². The van der Waals surface area contributed by atoms with Gasteiger partial charge in [-0.3, -0.25) is 4.79 Å². The smallest absolute Gasteiger partial charge is 0.212 e. The molecule has 2 rings (SSSR count). The fourth-order valence-electron chi connectivity index (χ4n) is 1.75. The van der Waals surface area contributed by atoms with Crippen molar-refractivity contribution in [2.75, 3.05) is 5.75 Å². The molecular formula is C12H14FNO3S. The van der Waals surface area contributed by atoms with E-state index in [2.05, 4.69) is 4.72 Å². The summed E-state index contributed by atoms with van der Waals surface area (Å²) in [6.07, 6.45) is 0.977. The molecular weight excluding hydrogens is 257 g/mol. The van der Waals surface area contributed by atoms with Crippen LogP contribution in [0.2, 0.25) is 0 Å². The van der Waals surface area contributed by atoms with Crippen LogP contribution in [0.1, 0.15) is 30.1 Å². The molecule has 0 spiro atoms. The lowest BCUT2D eigenvalue weighted by molar-refractivity contribution is 0.0940. The normalized spacial score (nSPS) is 17.4. The van der Waals surface area contributed by atoms with Gasteiger partial charge in [0.05, 0.1) is 11.3 Å². The number of carbonyl (C=O) groups excluding carboxylic acids is 1. The molecule has 6 heteroatoms. The van der Waals surface area contributed by atoms with Crippen LogP contribution in [0.4, 0.5) is 4.39 Å². The van der Waals surface area contributed by atoms with Crippen LogP contribution in [-0.2, 0) is 10.0 Å². The van der Waals surface area contributed by atoms with Crippen molar-refractivity contribution in [2.24, 2.45) is 0 Å². The average Bonchev–Trinajstić information content (AvgIpc) is 3.09. The largest absolute Gasteiger partial charge is 0.292 e. The third-order valence-electron chi connectivity index (χ3n) is 3.02. The number of hydrogen-bond acceptors (Lipinski definition) is 3. The number of hydrogen-bond donors (Lipinski definition) is 1. The minimum Gasteiger partial charge on any atom is -0.292 e. The molecule has 0 atom stereocenters. The van der Waals surface area contributed by atoms with Gasteiger partial charge in [-0.2, -0.15) is 0 Å². The van der Waals surface area contributed by atoms with E-state index in [1.807, 2.05) is 0 Å². The van der Waals surface area contributed by atoms with Crippen LogP contribution in [0.5, 0.6) is 0 Å². The number of ketones is 1. The van der Waals surface area contributed by atoms with Crippen LogP contribution in [0.3, 0.4) is 0 Å². The highest BCUT2D eigenvalue weighted by Gasteiger charge is 2.52. The van der Waals surface area contributed by atoms with Crippen molar-refractivity contribution in [1.82, 2.24) is 4.72 Å². The van der Waals surface area contributed by atoms with E-state index in [9.17, 15) is 17.6 Å². The van der Waals surface area contributed by atoms with E-state index in [4.69, 9.17) is 0 Å². The molecule has 1 aliphatic carbocycles. The van der Waals surface area contributed by atoms with E-state index < -0.39 is 21.4 Å². The van der Waals surface area contributed by atoms with E-state index >= 15 is 0 Å². The van der Waals surface area contributed by atoms with Crippen LogP contribution in [0.25, 0.3) is 0 Å². The molecule has 1 N–H and O–H groups in total. The number of nitrogens with one attached hydrogen (secondary N) is 1. The Hall–Kier alpha value is -1.27. The zero-order valence-electron chi connectivity index (χ0n) is 9.94. The molecule has 0 aliphatic heterocycles. The highest BCUT2D eigenvalue weighted by atomic mass is 32.2. The second-order valence-electron chi connectivity index (χ2n) is 4.42. The van der Waals surface area contributed by atoms with E-state index in [0.717, 1.165) is 0 Å². The topological polar surface area (TPSA) is 63.2 Å². The van der Waals surface area contributed by atoms with Gasteiger partial charge in [0.15, 0.2) is 5.78 Å². The molecule has 1 aliphatic rings. The summed E-state index contributed by atoms with van der Waals surface area (Å²) in [6.45, 7) is 1.51. The number of benzene rings is 1. The maximum atomic E-state index is 12.8. The Morgan fingerprint density at radius 2 is 1.89 bits per heavy atom. The minimum atomic E-state index is -3.42. The van der Waals surface area contributed by atoms with Crippen LogP contribution >= 0.6 is 0 Å². The van der Waals surface area contributed by atoms with Crippen LogP contribution in [0, 0.1) is 5.82 Å². The molecule has 0 radical (unpaired) electrons. The van der Waals surface area contributed by atoms with Crippen LogP contribution < -0.4 is 4.72 Å². The Morgan fingerprint density at radius 3 is 2.33 bits per heavy atom. The van der Waals surface area contributed by atoms with E-state index in [1.165, 1.54) is 31.2 Å². The second-order valence-corrected chi connectivity index (χ2v) is 6.43. The van der Waals surface area contributed by atoms with Gasteiger partial charge in [-0.1, -0.05) is 0 Å². The maximum absolute atomic E-state index is 12.8. The first-order valence-electron chi connectivity index (χ1n) is 5.70. The minimum absolute atomic E-state index is 0.0640. The fourth-order valence-corrected chi connectivity index (χ4v) is 2.78. The predicted octanol–water partition coefficient (Wildman–Crippen LogP) is 1.48. The Labute approximate surface area is 105 Å². The first-order valence-corrected chi connectivity index (χ1v) is 7.36. The highest BCUT2D eigenvalue weighted by molar-refractivity contribution is 7.89. The van der Waals surface area contributed by atoms with Gasteiger partial charge in [0.1, 0.15) is 5.82 Å². The van der Waals surface area contributed by atoms with Crippen molar-refractivity contribution < 1.29 is 17.6 Å². The molecule has 1 fully saturated rings. The molecule has 0 aromatic heterocycles. The Kier molecular flexibility index (Phi) is 3.25. The second kappa shape index (κ2) is 4.44. The van der Waals surface area contributed by atoms with Gasteiger partial charge in [0.2, 0.25) is 10.0 Å². The lowest BCUT2D eigenvalue weighted by Crippen LogP contribution is -2.43. The van der Waals surface area contributed by atoms with E-state index in [0.29, 0.717) is 18.4 Å². The summed E-state index contributed by atoms with van der Waals surface area (Å²) in [7, 11) is -3.42. The average molecular weight is 271 g/mol. The predicted molar refractivity (Wildman–Crippen MR) is 65.3 cm³/mol. The molecule has 0 bridgehead atoms. The van der Waals surface area contributed by atoms with Crippen molar-refractivity contribution in [2.45, 2.75) is 25.3 Å². The van der Waals surface area contributed by atoms with Gasteiger partial charge in [-0.15, -0.1) is 0 Å². The summed E-state index contributed by atoms with van der Waals surface area (Å²) in [5.41, 5.74) is -0.681. The summed E-state index contributed by atoms with van der Waals surface area (Å²) in [6, 6.07) is 5.13. The summed E-state index contributed by atoms with van der Waals surface area (Å²) in [5.74, 6) is -0.782. The first-order chi connectivity index (χ1) is 8.38. The van der Waals surface area contributed by atoms with E-state index in [1.54, 1.807) is 0 Å². The molecule has 4 nitrogen and oxygen atoms in total. The number of Topliss-reactive ketones (excluding diaryl/α,β-unsaturated/α-hetero) is 1. The molecule has 0 unspecified atom stereocenters. The molecule has 1 saturated carbocycles. The lowest BCUT2D eigenvalue weighted by Gasteiger charge is -2.15. The molecule has 1 aromatic rings. The van der Waals surface area contributed by atoms with Crippen LogP contribution in [-0.4, -0.2) is 25.5 Å². The summed E-state index contributed by atoms with van der Waals surface area (Å²) >= 11 is 0. The number of rotatable bonds is 5. The summed E-state index contributed by atoms with van der Waals surface area (Å²) in [5, 5.41) is 0. The summed E-state index contributed by atoms with van der Waals surface area (Å²) in [4.78, 5) is 12.2. The van der Waals surface area contributed by atoms with Gasteiger partial charge in [-0.05, 0) is 44.0 Å². The van der Waals surface area contributed by atoms with Crippen molar-refractivity contribution in [1.29, 1.82) is 0 Å². The van der Waals surface area contributed by atoms with Crippen molar-refractivity contribution in [3.8, 4) is 0 Å². The lowest BCUT2D eigenvalue weighted by atomic mass is 10.0. The summed E-state index contributed by atoms with van der Waals surface area (Å²) < 4.78 is 38.2. The highest BCUT2D eigenvalue weighted by Crippen LogP contribution is 2.39. The number of sulfonamides is 1. The van der Waals surface area contributed by atoms with E-state index in [-0.39, 0.29) is 11.5 Å². The van der Waals surface area contributed by atoms with Gasteiger partial charge < -0.3 is 0 Å². The van der Waals surface area contributed by atoms with Crippen molar-refractivity contribution in [3.05, 3.63) is 35.6 Å². The Balaban J connectivity index is 2.21. The zero-order valence-corrected chi connectivity index (χ0v) is 10.8. The molecule has 0 heterocycles. The third kappa shape index (κ3) is 2.59. The third-order valence-corrected chi connectivity index (χ3v) is 4.48. The van der Waals surface area contributed by atoms with Gasteiger partial charge >= 0.3 is 0 Å². The van der Waals surface area contributed by atoms with Crippen molar-refractivity contribution in [3.63, 3.8) is 0 Å². The van der Waals surface area contributed by atoms with Gasteiger partial charge in [0.25, 0.3) is 0 Å². The molecule has 1 aromatic carbocycles. The molecule has 18 heavy (non-hydrogen) atoms. The fraction of sp³-hybridized carbons (Fsp3) is 0.417. The molecule has 0 saturated heterocycles. The quantitative estimate of drug-likeness (QED) is 0.825. The molecule has 0 amide bonds. The first kappa shape index (κ1) is 13.2. The number of halogens is 1. The standard InChI is InChI=1S/C12H14FNO3S/c1-2-18(16,17)14-12(7-8-12)11(15)9-3-5-10(13)6-4-9/h3-6,14H,2,7-8H2,1H3.